The minimum Gasteiger partial charge on any atom is -0.348 e. The molecule has 2 aromatic carbocycles. The molecule has 0 aliphatic heterocycles. The number of benzene rings is 2. The molecule has 0 radical (unpaired) electrons. The molecular weight excluding hydrogens is 403 g/mol. The Kier molecular flexibility index (Phi) is 6.81. The largest absolute Gasteiger partial charge is 0.348 e. The van der Waals surface area contributed by atoms with Crippen molar-refractivity contribution in [2.75, 3.05) is 10.6 Å². The van der Waals surface area contributed by atoms with Gasteiger partial charge in [-0.05, 0) is 67.9 Å². The van der Waals surface area contributed by atoms with Gasteiger partial charge in [-0.2, -0.15) is 0 Å². The first-order chi connectivity index (χ1) is 14.2. The van der Waals surface area contributed by atoms with E-state index in [2.05, 4.69) is 17.4 Å². The Hall–Kier alpha value is -2.41. The van der Waals surface area contributed by atoms with Crippen LogP contribution < -0.4 is 9.62 Å². The van der Waals surface area contributed by atoms with Crippen molar-refractivity contribution in [3.63, 3.8) is 0 Å². The van der Waals surface area contributed by atoms with E-state index in [4.69, 9.17) is 0 Å². The zero-order chi connectivity index (χ0) is 21.9. The fourth-order valence-electron chi connectivity index (χ4n) is 4.08. The summed E-state index contributed by atoms with van der Waals surface area (Å²) >= 11 is 0. The molecule has 0 heterocycles. The standard InChI is InChI=1S/C23H29FN2O3S/c1-4-21(26(30(3,28)29)22-12-8-7-11-20(22)24)23(27)25-16(2)18-14-13-17-9-5-6-10-19(17)15-18/h7-8,11-16,21H,4-6,9-10H2,1-3H3,(H,25,27)/t16-,21-/m0/s1. The number of hydrogen-bond donors (Lipinski definition) is 1. The fraction of sp³-hybridized carbons (Fsp3) is 0.435. The first-order valence-electron chi connectivity index (χ1n) is 10.4. The topological polar surface area (TPSA) is 66.5 Å². The highest BCUT2D eigenvalue weighted by Crippen LogP contribution is 2.27. The Morgan fingerprint density at radius 2 is 1.80 bits per heavy atom. The third kappa shape index (κ3) is 4.83. The number of hydrogen-bond acceptors (Lipinski definition) is 3. The van der Waals surface area contributed by atoms with E-state index in [0.717, 1.165) is 29.0 Å². The number of carbonyl (C=O) groups excluding carboxylic acids is 1. The van der Waals surface area contributed by atoms with Crippen LogP contribution in [0, 0.1) is 5.82 Å². The molecular formula is C23H29FN2O3S. The number of halogens is 1. The second-order valence-electron chi connectivity index (χ2n) is 7.90. The molecule has 30 heavy (non-hydrogen) atoms. The minimum atomic E-state index is -3.88. The van der Waals surface area contributed by atoms with Crippen LogP contribution >= 0.6 is 0 Å². The summed E-state index contributed by atoms with van der Waals surface area (Å²) in [7, 11) is -3.88. The lowest BCUT2D eigenvalue weighted by atomic mass is 9.89. The summed E-state index contributed by atoms with van der Waals surface area (Å²) in [5.41, 5.74) is 3.54. The van der Waals surface area contributed by atoms with Gasteiger partial charge in [-0.1, -0.05) is 37.3 Å². The van der Waals surface area contributed by atoms with Gasteiger partial charge >= 0.3 is 0 Å². The molecule has 0 aromatic heterocycles. The second kappa shape index (κ2) is 9.16. The lowest BCUT2D eigenvalue weighted by Crippen LogP contribution is -2.50. The second-order valence-corrected chi connectivity index (χ2v) is 9.76. The quantitative estimate of drug-likeness (QED) is 0.716. The summed E-state index contributed by atoms with van der Waals surface area (Å²) < 4.78 is 40.2. The van der Waals surface area contributed by atoms with E-state index >= 15 is 0 Å². The molecule has 7 heteroatoms. The fourth-order valence-corrected chi connectivity index (χ4v) is 5.29. The Labute approximate surface area is 178 Å². The van der Waals surface area contributed by atoms with Crippen LogP contribution in [0.4, 0.5) is 10.1 Å². The van der Waals surface area contributed by atoms with Gasteiger partial charge in [0.05, 0.1) is 18.0 Å². The number of nitrogens with one attached hydrogen (secondary N) is 1. The number of amides is 1. The molecule has 0 saturated carbocycles. The molecule has 0 fully saturated rings. The van der Waals surface area contributed by atoms with Crippen LogP contribution in [0.1, 0.15) is 55.8 Å². The number of fused-ring (bicyclic) bond motifs is 1. The van der Waals surface area contributed by atoms with Gasteiger partial charge in [0.25, 0.3) is 0 Å². The van der Waals surface area contributed by atoms with Gasteiger partial charge in [0.2, 0.25) is 15.9 Å². The summed E-state index contributed by atoms with van der Waals surface area (Å²) in [4.78, 5) is 13.1. The van der Waals surface area contributed by atoms with Crippen molar-refractivity contribution in [2.45, 2.75) is 58.0 Å². The number of anilines is 1. The third-order valence-electron chi connectivity index (χ3n) is 5.65. The van der Waals surface area contributed by atoms with Gasteiger partial charge < -0.3 is 5.32 Å². The lowest BCUT2D eigenvalue weighted by molar-refractivity contribution is -0.122. The normalized spacial score (nSPS) is 15.7. The zero-order valence-corrected chi connectivity index (χ0v) is 18.5. The van der Waals surface area contributed by atoms with Crippen molar-refractivity contribution in [1.29, 1.82) is 0 Å². The maximum atomic E-state index is 14.4. The summed E-state index contributed by atoms with van der Waals surface area (Å²) in [6, 6.07) is 10.5. The molecule has 1 aliphatic carbocycles. The Bertz CT molecular complexity index is 1020. The van der Waals surface area contributed by atoms with E-state index in [1.165, 1.54) is 42.2 Å². The number of rotatable bonds is 7. The van der Waals surface area contributed by atoms with Crippen molar-refractivity contribution in [2.24, 2.45) is 0 Å². The molecule has 0 saturated heterocycles. The monoisotopic (exact) mass is 432 g/mol. The van der Waals surface area contributed by atoms with Gasteiger partial charge in [0, 0.05) is 0 Å². The Balaban J connectivity index is 1.85. The first kappa shape index (κ1) is 22.3. The molecule has 1 amide bonds. The van der Waals surface area contributed by atoms with E-state index in [0.29, 0.717) is 0 Å². The minimum absolute atomic E-state index is 0.122. The molecule has 1 N–H and O–H groups in total. The zero-order valence-electron chi connectivity index (χ0n) is 17.7. The van der Waals surface area contributed by atoms with Gasteiger partial charge in [-0.15, -0.1) is 0 Å². The summed E-state index contributed by atoms with van der Waals surface area (Å²) in [5, 5.41) is 2.93. The van der Waals surface area contributed by atoms with E-state index in [1.54, 1.807) is 13.0 Å². The molecule has 0 unspecified atom stereocenters. The maximum absolute atomic E-state index is 14.4. The number of aryl methyl sites for hydroxylation is 2. The average molecular weight is 433 g/mol. The first-order valence-corrected chi connectivity index (χ1v) is 12.2. The highest BCUT2D eigenvalue weighted by Gasteiger charge is 2.33. The number of para-hydroxylation sites is 1. The van der Waals surface area contributed by atoms with Crippen LogP contribution in [0.2, 0.25) is 0 Å². The van der Waals surface area contributed by atoms with Gasteiger partial charge in [-0.3, -0.25) is 9.10 Å². The van der Waals surface area contributed by atoms with Crippen molar-refractivity contribution in [3.8, 4) is 0 Å². The molecule has 1 aliphatic rings. The maximum Gasteiger partial charge on any atom is 0.244 e. The number of carbonyl (C=O) groups is 1. The van der Waals surface area contributed by atoms with Gasteiger partial charge in [-0.25, -0.2) is 12.8 Å². The molecule has 2 aromatic rings. The van der Waals surface area contributed by atoms with E-state index in [-0.39, 0.29) is 18.2 Å². The molecule has 5 nitrogen and oxygen atoms in total. The molecule has 0 spiro atoms. The number of sulfonamides is 1. The van der Waals surface area contributed by atoms with Crippen LogP contribution in [0.15, 0.2) is 42.5 Å². The Morgan fingerprint density at radius 3 is 2.43 bits per heavy atom. The molecule has 0 bridgehead atoms. The smallest absolute Gasteiger partial charge is 0.244 e. The summed E-state index contributed by atoms with van der Waals surface area (Å²) in [6.07, 6.45) is 5.69. The highest BCUT2D eigenvalue weighted by molar-refractivity contribution is 7.92. The van der Waals surface area contributed by atoms with Crippen LogP contribution in [-0.4, -0.2) is 26.6 Å². The van der Waals surface area contributed by atoms with Gasteiger partial charge in [0.15, 0.2) is 0 Å². The van der Waals surface area contributed by atoms with Gasteiger partial charge in [0.1, 0.15) is 11.9 Å². The van der Waals surface area contributed by atoms with Crippen LogP contribution in [0.25, 0.3) is 0 Å². The molecule has 3 rings (SSSR count). The van der Waals surface area contributed by atoms with Crippen molar-refractivity contribution in [3.05, 3.63) is 65.0 Å². The lowest BCUT2D eigenvalue weighted by Gasteiger charge is -2.31. The highest BCUT2D eigenvalue weighted by atomic mass is 32.2. The average Bonchev–Trinajstić information content (AvgIpc) is 2.71. The van der Waals surface area contributed by atoms with Crippen molar-refractivity contribution < 1.29 is 17.6 Å². The number of nitrogens with zero attached hydrogens (tertiary/aromatic N) is 1. The third-order valence-corrected chi connectivity index (χ3v) is 6.82. The van der Waals surface area contributed by atoms with Crippen molar-refractivity contribution in [1.82, 2.24) is 5.32 Å². The molecule has 2 atom stereocenters. The van der Waals surface area contributed by atoms with Crippen LogP contribution in [0.3, 0.4) is 0 Å². The van der Waals surface area contributed by atoms with Crippen LogP contribution in [-0.2, 0) is 27.7 Å². The predicted molar refractivity (Wildman–Crippen MR) is 117 cm³/mol. The summed E-state index contributed by atoms with van der Waals surface area (Å²) in [6.45, 7) is 3.59. The predicted octanol–water partition coefficient (Wildman–Crippen LogP) is 4.13. The molecule has 162 valence electrons. The van der Waals surface area contributed by atoms with E-state index in [9.17, 15) is 17.6 Å². The van der Waals surface area contributed by atoms with Crippen molar-refractivity contribution >= 4 is 21.6 Å². The summed E-state index contributed by atoms with van der Waals surface area (Å²) in [5.74, 6) is -1.13. The van der Waals surface area contributed by atoms with E-state index < -0.39 is 27.8 Å². The SMILES string of the molecule is CC[C@@H](C(=O)N[C@@H](C)c1ccc2c(c1)CCCC2)N(c1ccccc1F)S(C)(=O)=O. The van der Waals surface area contributed by atoms with Crippen LogP contribution in [0.5, 0.6) is 0 Å². The Morgan fingerprint density at radius 1 is 1.13 bits per heavy atom. The van der Waals surface area contributed by atoms with E-state index in [1.807, 2.05) is 13.0 Å².